The number of carboxylic acid groups (broad SMARTS) is 1. The summed E-state index contributed by atoms with van der Waals surface area (Å²) in [6.07, 6.45) is 0. The highest BCUT2D eigenvalue weighted by Gasteiger charge is 2.40. The maximum atomic E-state index is 12.6. The molecule has 1 aromatic rings. The Labute approximate surface area is 128 Å². The molecule has 21 heavy (non-hydrogen) atoms. The molecule has 1 N–H and O–H groups in total. The number of halogens is 1. The van der Waals surface area contributed by atoms with Crippen molar-refractivity contribution < 1.29 is 23.1 Å². The first kappa shape index (κ1) is 16.1. The van der Waals surface area contributed by atoms with Crippen molar-refractivity contribution in [3.63, 3.8) is 0 Å². The first-order valence-corrected chi connectivity index (χ1v) is 8.15. The standard InChI is InChI=1S/C13H16ClNO5S/c1-8-6-15(7-10(8)13(16)17)21(18,19)9-3-4-11(14)12(5-9)20-2/h3-5,8,10H,6-7H2,1-2H3,(H,16,17)/t8-,10-/m1/s1. The van der Waals surface area contributed by atoms with E-state index in [2.05, 4.69) is 0 Å². The molecular weight excluding hydrogens is 318 g/mol. The molecule has 1 saturated heterocycles. The second-order valence-corrected chi connectivity index (χ2v) is 7.39. The van der Waals surface area contributed by atoms with E-state index in [1.165, 1.54) is 29.6 Å². The molecule has 0 spiro atoms. The quantitative estimate of drug-likeness (QED) is 0.906. The van der Waals surface area contributed by atoms with Gasteiger partial charge in [0.1, 0.15) is 5.75 Å². The van der Waals surface area contributed by atoms with Gasteiger partial charge in [-0.3, -0.25) is 4.79 Å². The van der Waals surface area contributed by atoms with Gasteiger partial charge in [0.05, 0.1) is 22.9 Å². The Balaban J connectivity index is 2.33. The zero-order chi connectivity index (χ0) is 15.8. The smallest absolute Gasteiger partial charge is 0.308 e. The molecule has 1 aliphatic heterocycles. The molecule has 8 heteroatoms. The summed E-state index contributed by atoms with van der Waals surface area (Å²) in [5, 5.41) is 9.41. The molecule has 0 unspecified atom stereocenters. The van der Waals surface area contributed by atoms with Crippen LogP contribution in [0.1, 0.15) is 6.92 Å². The molecule has 0 aromatic heterocycles. The second kappa shape index (κ2) is 5.82. The first-order chi connectivity index (χ1) is 9.77. The van der Waals surface area contributed by atoms with Crippen LogP contribution in [0.4, 0.5) is 0 Å². The Hall–Kier alpha value is -1.31. The molecule has 1 fully saturated rings. The minimum Gasteiger partial charge on any atom is -0.495 e. The van der Waals surface area contributed by atoms with Gasteiger partial charge in [-0.1, -0.05) is 18.5 Å². The topological polar surface area (TPSA) is 83.9 Å². The second-order valence-electron chi connectivity index (χ2n) is 5.04. The molecular formula is C13H16ClNO5S. The number of methoxy groups -OCH3 is 1. The number of carbonyl (C=O) groups is 1. The van der Waals surface area contributed by atoms with Crippen molar-refractivity contribution in [1.29, 1.82) is 0 Å². The van der Waals surface area contributed by atoms with Crippen LogP contribution in [0.25, 0.3) is 0 Å². The predicted molar refractivity (Wildman–Crippen MR) is 77.1 cm³/mol. The van der Waals surface area contributed by atoms with E-state index >= 15 is 0 Å². The van der Waals surface area contributed by atoms with Crippen molar-refractivity contribution in [3.8, 4) is 5.75 Å². The molecule has 1 heterocycles. The van der Waals surface area contributed by atoms with Gasteiger partial charge in [-0.2, -0.15) is 4.31 Å². The molecule has 0 saturated carbocycles. The van der Waals surface area contributed by atoms with Gasteiger partial charge in [0.25, 0.3) is 0 Å². The summed E-state index contributed by atoms with van der Waals surface area (Å²) in [4.78, 5) is 11.2. The molecule has 2 rings (SSSR count). The van der Waals surface area contributed by atoms with Gasteiger partial charge in [-0.25, -0.2) is 8.42 Å². The van der Waals surface area contributed by atoms with E-state index < -0.39 is 21.9 Å². The van der Waals surface area contributed by atoms with Crippen molar-refractivity contribution in [2.24, 2.45) is 11.8 Å². The fourth-order valence-corrected chi connectivity index (χ4v) is 4.17. The van der Waals surface area contributed by atoms with Gasteiger partial charge >= 0.3 is 5.97 Å². The van der Waals surface area contributed by atoms with E-state index in [9.17, 15) is 13.2 Å². The maximum absolute atomic E-state index is 12.6. The third kappa shape index (κ3) is 3.00. The van der Waals surface area contributed by atoms with Crippen molar-refractivity contribution in [2.45, 2.75) is 11.8 Å². The lowest BCUT2D eigenvalue weighted by Crippen LogP contribution is -2.30. The number of aliphatic carboxylic acids is 1. The summed E-state index contributed by atoms with van der Waals surface area (Å²) >= 11 is 5.88. The third-order valence-corrected chi connectivity index (χ3v) is 5.80. The van der Waals surface area contributed by atoms with Crippen LogP contribution in [0.15, 0.2) is 23.1 Å². The molecule has 2 atom stereocenters. The maximum Gasteiger partial charge on any atom is 0.308 e. The van der Waals surface area contributed by atoms with E-state index in [1.807, 2.05) is 0 Å². The number of hydrogen-bond acceptors (Lipinski definition) is 4. The average molecular weight is 334 g/mol. The Morgan fingerprint density at radius 1 is 1.43 bits per heavy atom. The summed E-state index contributed by atoms with van der Waals surface area (Å²) in [6, 6.07) is 4.18. The van der Waals surface area contributed by atoms with Gasteiger partial charge in [-0.15, -0.1) is 0 Å². The Bertz CT molecular complexity index is 661. The monoisotopic (exact) mass is 333 g/mol. The van der Waals surface area contributed by atoms with E-state index in [1.54, 1.807) is 6.92 Å². The normalized spacial score (nSPS) is 23.2. The number of hydrogen-bond donors (Lipinski definition) is 1. The van der Waals surface area contributed by atoms with Gasteiger partial charge in [-0.05, 0) is 18.1 Å². The summed E-state index contributed by atoms with van der Waals surface area (Å²) in [5.74, 6) is -1.63. The zero-order valence-electron chi connectivity index (χ0n) is 11.6. The van der Waals surface area contributed by atoms with Crippen LogP contribution in [0.2, 0.25) is 5.02 Å². The SMILES string of the molecule is COc1cc(S(=O)(=O)N2C[C@@H](C)[C@H](C(=O)O)C2)ccc1Cl. The number of carboxylic acids is 1. The number of nitrogens with zero attached hydrogens (tertiary/aromatic N) is 1. The van der Waals surface area contributed by atoms with Crippen LogP contribution in [-0.2, 0) is 14.8 Å². The molecule has 0 amide bonds. The minimum absolute atomic E-state index is 0.0240. The van der Waals surface area contributed by atoms with Gasteiger partial charge in [0.2, 0.25) is 10.0 Å². The Kier molecular flexibility index (Phi) is 4.46. The molecule has 6 nitrogen and oxygen atoms in total. The average Bonchev–Trinajstić information content (AvgIpc) is 2.82. The zero-order valence-corrected chi connectivity index (χ0v) is 13.2. The lowest BCUT2D eigenvalue weighted by atomic mass is 9.99. The molecule has 116 valence electrons. The van der Waals surface area contributed by atoms with Crippen LogP contribution in [0, 0.1) is 11.8 Å². The van der Waals surface area contributed by atoms with E-state index in [0.717, 1.165) is 0 Å². The van der Waals surface area contributed by atoms with Crippen molar-refractivity contribution in [2.75, 3.05) is 20.2 Å². The number of rotatable bonds is 4. The van der Waals surface area contributed by atoms with Crippen LogP contribution in [0.3, 0.4) is 0 Å². The number of sulfonamides is 1. The molecule has 1 aliphatic rings. The van der Waals surface area contributed by atoms with Crippen LogP contribution in [0.5, 0.6) is 5.75 Å². The van der Waals surface area contributed by atoms with Gasteiger partial charge < -0.3 is 9.84 Å². The van der Waals surface area contributed by atoms with Crippen molar-refractivity contribution in [1.82, 2.24) is 4.31 Å². The van der Waals surface area contributed by atoms with E-state index in [4.69, 9.17) is 21.4 Å². The molecule has 0 aliphatic carbocycles. The van der Waals surface area contributed by atoms with Gasteiger partial charge in [0.15, 0.2) is 0 Å². The fraction of sp³-hybridized carbons (Fsp3) is 0.462. The highest BCUT2D eigenvalue weighted by molar-refractivity contribution is 7.89. The highest BCUT2D eigenvalue weighted by Crippen LogP contribution is 2.32. The number of ether oxygens (including phenoxy) is 1. The van der Waals surface area contributed by atoms with E-state index in [0.29, 0.717) is 5.02 Å². The summed E-state index contributed by atoms with van der Waals surface area (Å²) in [6.45, 7) is 1.89. The Morgan fingerprint density at radius 2 is 2.10 bits per heavy atom. The molecule has 0 bridgehead atoms. The Morgan fingerprint density at radius 3 is 2.62 bits per heavy atom. The lowest BCUT2D eigenvalue weighted by Gasteiger charge is -2.16. The van der Waals surface area contributed by atoms with Crippen LogP contribution >= 0.6 is 11.6 Å². The lowest BCUT2D eigenvalue weighted by molar-refractivity contribution is -0.142. The fourth-order valence-electron chi connectivity index (χ4n) is 2.39. The third-order valence-electron chi connectivity index (χ3n) is 3.66. The molecule has 0 radical (unpaired) electrons. The van der Waals surface area contributed by atoms with Crippen LogP contribution in [-0.4, -0.2) is 44.0 Å². The van der Waals surface area contributed by atoms with Crippen molar-refractivity contribution in [3.05, 3.63) is 23.2 Å². The number of benzene rings is 1. The van der Waals surface area contributed by atoms with Gasteiger partial charge in [0, 0.05) is 19.2 Å². The predicted octanol–water partition coefficient (Wildman–Crippen LogP) is 1.69. The molecule has 1 aromatic carbocycles. The summed E-state index contributed by atoms with van der Waals surface area (Å²) < 4.78 is 31.3. The summed E-state index contributed by atoms with van der Waals surface area (Å²) in [7, 11) is -2.36. The first-order valence-electron chi connectivity index (χ1n) is 6.34. The van der Waals surface area contributed by atoms with Crippen LogP contribution < -0.4 is 4.74 Å². The highest BCUT2D eigenvalue weighted by atomic mass is 35.5. The minimum atomic E-state index is -3.76. The van der Waals surface area contributed by atoms with E-state index in [-0.39, 0.29) is 29.7 Å². The summed E-state index contributed by atoms with van der Waals surface area (Å²) in [5.41, 5.74) is 0. The largest absolute Gasteiger partial charge is 0.495 e. The van der Waals surface area contributed by atoms with Crippen molar-refractivity contribution >= 4 is 27.6 Å².